The maximum atomic E-state index is 14.2. The summed E-state index contributed by atoms with van der Waals surface area (Å²) in [5.74, 6) is 11.3. The molecular formula is C32H43N17O15P2+2. The van der Waals surface area contributed by atoms with E-state index in [1.165, 1.54) is 51.7 Å². The molecule has 0 aromatic carbocycles. The Morgan fingerprint density at radius 2 is 1.36 bits per heavy atom. The number of imidazole rings is 2. The first kappa shape index (κ1) is 46.3. The molecule has 0 spiro atoms. The summed E-state index contributed by atoms with van der Waals surface area (Å²) in [4.78, 5) is 61.3. The van der Waals surface area contributed by atoms with Crippen LogP contribution in [0.25, 0.3) is 22.3 Å². The zero-order chi connectivity index (χ0) is 46.3. The Morgan fingerprint density at radius 3 is 2.02 bits per heavy atom. The number of nitrogen functional groups attached to an aromatic ring is 3. The van der Waals surface area contributed by atoms with E-state index in [1.54, 1.807) is 0 Å². The van der Waals surface area contributed by atoms with Crippen LogP contribution in [0.4, 0.5) is 17.5 Å². The first-order valence-electron chi connectivity index (χ1n) is 19.8. The van der Waals surface area contributed by atoms with E-state index < -0.39 is 104 Å². The molecule has 12 atom stereocenters. The van der Waals surface area contributed by atoms with Crippen LogP contribution in [-0.4, -0.2) is 153 Å². The summed E-state index contributed by atoms with van der Waals surface area (Å²) in [6.45, 7) is -2.20. The minimum Gasteiger partial charge on any atom is -0.604 e. The Balaban J connectivity index is 0.923. The average molecular weight is 968 g/mol. The Labute approximate surface area is 370 Å². The maximum Gasteiger partial charge on any atom is 0.471 e. The van der Waals surface area contributed by atoms with Crippen LogP contribution in [0, 0.1) is 0 Å². The van der Waals surface area contributed by atoms with E-state index in [-0.39, 0.29) is 70.1 Å². The topological polar surface area (TPSA) is 459 Å². The van der Waals surface area contributed by atoms with Gasteiger partial charge in [-0.25, -0.2) is 29.9 Å². The Hall–Kier alpha value is -4.86. The lowest BCUT2D eigenvalue weighted by atomic mass is 10.1. The number of hydrogen-bond acceptors (Lipinski definition) is 28. The lowest BCUT2D eigenvalue weighted by Crippen LogP contribution is -2.49. The van der Waals surface area contributed by atoms with E-state index >= 15 is 0 Å². The summed E-state index contributed by atoms with van der Waals surface area (Å²) in [5, 5.41) is 31.1. The summed E-state index contributed by atoms with van der Waals surface area (Å²) in [6.07, 6.45) is -4.01. The highest BCUT2D eigenvalue weighted by atomic mass is 31.2. The molecule has 0 aliphatic carbocycles. The number of ether oxygens (including phenoxy) is 4. The predicted octanol–water partition coefficient (Wildman–Crippen LogP) is -7.19. The molecule has 3 fully saturated rings. The third kappa shape index (κ3) is 8.87. The first-order chi connectivity index (χ1) is 31.9. The summed E-state index contributed by atoms with van der Waals surface area (Å²) < 4.78 is 65.4. The van der Waals surface area contributed by atoms with Gasteiger partial charge in [0.05, 0.1) is 44.7 Å². The smallest absolute Gasteiger partial charge is 0.471 e. The van der Waals surface area contributed by atoms with Crippen LogP contribution >= 0.6 is 16.3 Å². The van der Waals surface area contributed by atoms with Crippen molar-refractivity contribution in [2.75, 3.05) is 50.2 Å². The molecule has 9 heterocycles. The minimum absolute atomic E-state index is 0.00738. The number of hydrogen-bond donors (Lipinski definition) is 8. The van der Waals surface area contributed by atoms with Gasteiger partial charge in [-0.15, -0.1) is 9.24 Å². The van der Waals surface area contributed by atoms with Gasteiger partial charge in [0.2, 0.25) is 5.82 Å². The van der Waals surface area contributed by atoms with E-state index in [1.807, 2.05) is 0 Å². The monoisotopic (exact) mass is 967 g/mol. The van der Waals surface area contributed by atoms with Crippen molar-refractivity contribution in [1.29, 1.82) is 0 Å². The number of nitrogens with two attached hydrogens (primary N) is 5. The number of rotatable bonds is 19. The summed E-state index contributed by atoms with van der Waals surface area (Å²) in [5.41, 5.74) is 19.1. The van der Waals surface area contributed by atoms with Gasteiger partial charge in [0.25, 0.3) is 12.6 Å². The molecule has 9 rings (SSSR count). The van der Waals surface area contributed by atoms with Gasteiger partial charge in [-0.2, -0.15) is 34.9 Å². The quantitative estimate of drug-likeness (QED) is 0.0165. The Morgan fingerprint density at radius 1 is 0.758 bits per heavy atom. The van der Waals surface area contributed by atoms with Crippen LogP contribution in [0.15, 0.2) is 31.6 Å². The number of fused-ring (bicyclic) bond motifs is 3. The van der Waals surface area contributed by atoms with Crippen molar-refractivity contribution in [3.63, 3.8) is 0 Å². The van der Waals surface area contributed by atoms with Crippen LogP contribution < -0.4 is 58.9 Å². The SMILES string of the molecule is NO[P+]([O-])(OC[C@H]1O[C@@H](n2cnc3c(N)ncnc32)[C@H](O)[C@@H]1OCCO)O[C@@H]1C[C@@H](CO[P+]([O-])(ON)O[C@@H]2C[C@@H](CO)O[C@H]2[N+]2=c3ncnc(N)c3=[N+]=C2)O[C@H]1n1cnc2c(N)ncnc21. The molecule has 5 aromatic heterocycles. The molecular weight excluding hydrogens is 924 g/mol. The number of nitrogens with zero attached hydrogens (tertiary/aromatic N) is 12. The van der Waals surface area contributed by atoms with Crippen molar-refractivity contribution < 1.29 is 71.4 Å². The normalized spacial score (nSPS) is 29.2. The molecule has 4 aliphatic rings. The second-order valence-electron chi connectivity index (χ2n) is 14.8. The minimum atomic E-state index is -4.81. The second-order valence-corrected chi connectivity index (χ2v) is 17.9. The van der Waals surface area contributed by atoms with Crippen molar-refractivity contribution in [2.45, 2.75) is 74.3 Å². The van der Waals surface area contributed by atoms with Crippen molar-refractivity contribution in [3.05, 3.63) is 42.5 Å². The molecule has 0 radical (unpaired) electrons. The lowest BCUT2D eigenvalue weighted by Gasteiger charge is -2.28. The van der Waals surface area contributed by atoms with Crippen molar-refractivity contribution in [2.24, 2.45) is 11.8 Å². The van der Waals surface area contributed by atoms with Gasteiger partial charge in [0, 0.05) is 17.8 Å². The van der Waals surface area contributed by atoms with Gasteiger partial charge in [-0.1, -0.05) is 9.25 Å². The molecule has 354 valence electrons. The zero-order valence-electron chi connectivity index (χ0n) is 34.1. The van der Waals surface area contributed by atoms with Crippen LogP contribution in [-0.2, 0) is 46.3 Å². The number of anilines is 3. The molecule has 0 saturated carbocycles. The highest BCUT2D eigenvalue weighted by molar-refractivity contribution is 7.54. The summed E-state index contributed by atoms with van der Waals surface area (Å²) in [6, 6.07) is 0. The average Bonchev–Trinajstić information content (AvgIpc) is 4.18. The molecule has 13 N–H and O–H groups in total. The third-order valence-corrected chi connectivity index (χ3v) is 13.3. The van der Waals surface area contributed by atoms with E-state index in [0.717, 1.165) is 0 Å². The maximum absolute atomic E-state index is 14.2. The number of aliphatic hydroxyl groups is 3. The van der Waals surface area contributed by atoms with Crippen molar-refractivity contribution in [3.8, 4) is 0 Å². The molecule has 4 aliphatic heterocycles. The molecule has 0 amide bonds. The van der Waals surface area contributed by atoms with Gasteiger partial charge < -0.3 is 61.3 Å². The van der Waals surface area contributed by atoms with Crippen molar-refractivity contribution in [1.82, 2.24) is 58.2 Å². The number of aromatic nitrogens is 10. The van der Waals surface area contributed by atoms with Gasteiger partial charge in [-0.3, -0.25) is 9.13 Å². The molecule has 0 bridgehead atoms. The molecule has 66 heavy (non-hydrogen) atoms. The first-order valence-corrected chi connectivity index (χ1v) is 22.7. The van der Waals surface area contributed by atoms with Gasteiger partial charge >= 0.3 is 33.5 Å². The fraction of sp³-hybridized carbons (Fsp3) is 0.531. The van der Waals surface area contributed by atoms with E-state index in [0.29, 0.717) is 0 Å². The van der Waals surface area contributed by atoms with Crippen LogP contribution in [0.1, 0.15) is 25.3 Å². The van der Waals surface area contributed by atoms with E-state index in [2.05, 4.69) is 44.5 Å². The summed E-state index contributed by atoms with van der Waals surface area (Å²) >= 11 is 0. The third-order valence-electron chi connectivity index (χ3n) is 10.8. The van der Waals surface area contributed by atoms with Crippen LogP contribution in [0.3, 0.4) is 0 Å². The zero-order valence-corrected chi connectivity index (χ0v) is 35.9. The van der Waals surface area contributed by atoms with E-state index in [9.17, 15) is 25.1 Å². The second kappa shape index (κ2) is 19.0. The lowest BCUT2D eigenvalue weighted by molar-refractivity contribution is -0.259. The fourth-order valence-electron chi connectivity index (χ4n) is 7.83. The largest absolute Gasteiger partial charge is 0.604 e. The van der Waals surface area contributed by atoms with Crippen LogP contribution in [0.5, 0.6) is 0 Å². The van der Waals surface area contributed by atoms with Gasteiger partial charge in [-0.05, 0) is 0 Å². The standard InChI is InChI=1S/C32H42N17O15P2/c33-24-19-27(41-8-38-24)47(11-44-19)30-16(3-14(5-51)58-30)61-65(53,63-36)56-6-15-4-17(31(59-15)48-12-45-20-25(34)39-9-42-28(20)48)62-66(54,64-37)57-7-18-23(55-2-1-50)22(52)32(60-18)49-13-46-21-26(35)40-10-43-29(21)49/h8-18,22-23,30-32,35,50-52H,1-7,36-37H2,(H4,33,34,38,39,41,42)/q+1/p+1/t14-,15-,16+,17+,18+,22+,23+,30+,31+,32+,65?,66?/m0/s1. The fourth-order valence-corrected chi connectivity index (χ4v) is 9.89. The molecule has 32 nitrogen and oxygen atoms in total. The van der Waals surface area contributed by atoms with Crippen molar-refractivity contribution >= 4 is 62.5 Å². The van der Waals surface area contributed by atoms with Crippen LogP contribution in [0.2, 0.25) is 0 Å². The van der Waals surface area contributed by atoms with E-state index in [4.69, 9.17) is 75.3 Å². The summed E-state index contributed by atoms with van der Waals surface area (Å²) in [7, 11) is -9.49. The Bertz CT molecular complexity index is 2720. The highest BCUT2D eigenvalue weighted by Gasteiger charge is 2.54. The highest BCUT2D eigenvalue weighted by Crippen LogP contribution is 2.58. The number of phosphoric ester groups is 2. The van der Waals surface area contributed by atoms with Gasteiger partial charge in [0.1, 0.15) is 55.2 Å². The Kier molecular flexibility index (Phi) is 13.3. The molecule has 2 unspecified atom stereocenters. The predicted molar refractivity (Wildman–Crippen MR) is 215 cm³/mol. The number of aliphatic hydroxyl groups excluding tert-OH is 3. The molecule has 5 aromatic rings. The molecule has 3 saturated heterocycles. The molecule has 34 heteroatoms. The van der Waals surface area contributed by atoms with Gasteiger partial charge in [0.15, 0.2) is 47.6 Å². The number of phosphoric acid groups is 2.